The monoisotopic (exact) mass is 303 g/mol. The number of carbonyl (C=O) groups is 1. The summed E-state index contributed by atoms with van der Waals surface area (Å²) in [4.78, 5) is 15.4. The second kappa shape index (κ2) is 5.12. The van der Waals surface area contributed by atoms with Gasteiger partial charge in [0.15, 0.2) is 0 Å². The number of rotatable bonds is 4. The van der Waals surface area contributed by atoms with E-state index >= 15 is 0 Å². The Morgan fingerprint density at radius 2 is 2.38 bits per heavy atom. The maximum Gasteiger partial charge on any atom is 0.238 e. The summed E-state index contributed by atoms with van der Waals surface area (Å²) in [7, 11) is 0. The first kappa shape index (κ1) is 11.8. The van der Waals surface area contributed by atoms with Gasteiger partial charge < -0.3 is 10.6 Å². The van der Waals surface area contributed by atoms with Gasteiger partial charge in [0, 0.05) is 6.04 Å². The van der Waals surface area contributed by atoms with Gasteiger partial charge in [-0.3, -0.25) is 4.79 Å². The van der Waals surface area contributed by atoms with Crippen molar-refractivity contribution < 1.29 is 4.79 Å². The molecule has 1 heterocycles. The first-order chi connectivity index (χ1) is 7.65. The highest BCUT2D eigenvalue weighted by atomic mass is 79.9. The Hall–Kier alpha value is -0.650. The van der Waals surface area contributed by atoms with Crippen LogP contribution in [-0.2, 0) is 4.79 Å². The Balaban J connectivity index is 1.86. The third-order valence-corrected chi connectivity index (χ3v) is 3.34. The highest BCUT2D eigenvalue weighted by molar-refractivity contribution is 9.10. The van der Waals surface area contributed by atoms with Crippen LogP contribution in [0.25, 0.3) is 0 Å². The molecule has 2 rings (SSSR count). The lowest BCUT2D eigenvalue weighted by molar-refractivity contribution is -0.115. The molecule has 16 heavy (non-hydrogen) atoms. The molecule has 0 radical (unpaired) electrons. The van der Waals surface area contributed by atoms with Crippen LogP contribution >= 0.6 is 27.5 Å². The molecule has 4 nitrogen and oxygen atoms in total. The number of halogens is 2. The van der Waals surface area contributed by atoms with Crippen LogP contribution in [0.3, 0.4) is 0 Å². The summed E-state index contributed by atoms with van der Waals surface area (Å²) in [5, 5.41) is 6.26. The minimum absolute atomic E-state index is 0.0667. The number of hydrogen-bond donors (Lipinski definition) is 2. The van der Waals surface area contributed by atoms with Crippen molar-refractivity contribution in [3.8, 4) is 0 Å². The van der Waals surface area contributed by atoms with Crippen molar-refractivity contribution in [1.29, 1.82) is 0 Å². The normalized spacial score (nSPS) is 14.9. The molecule has 0 atom stereocenters. The highest BCUT2D eigenvalue weighted by Crippen LogP contribution is 2.22. The lowest BCUT2D eigenvalue weighted by Gasteiger charge is -2.06. The van der Waals surface area contributed by atoms with Gasteiger partial charge in [-0.25, -0.2) is 4.98 Å². The molecule has 1 saturated carbocycles. The molecule has 0 unspecified atom stereocenters. The average molecular weight is 305 g/mol. The van der Waals surface area contributed by atoms with Gasteiger partial charge in [0.2, 0.25) is 5.91 Å². The van der Waals surface area contributed by atoms with Gasteiger partial charge in [0.25, 0.3) is 0 Å². The maximum atomic E-state index is 11.5. The van der Waals surface area contributed by atoms with E-state index in [1.807, 2.05) is 0 Å². The van der Waals surface area contributed by atoms with Crippen LogP contribution in [0.5, 0.6) is 0 Å². The third-order valence-electron chi connectivity index (χ3n) is 2.21. The summed E-state index contributed by atoms with van der Waals surface area (Å²) in [6, 6.07) is 2.26. The topological polar surface area (TPSA) is 54.0 Å². The largest absolute Gasteiger partial charge is 0.324 e. The molecule has 6 heteroatoms. The molecular weight excluding hydrogens is 293 g/mol. The molecule has 0 bridgehead atoms. The minimum atomic E-state index is -0.0667. The predicted octanol–water partition coefficient (Wildman–Crippen LogP) is 2.19. The van der Waals surface area contributed by atoms with Crippen molar-refractivity contribution in [2.24, 2.45) is 0 Å². The standard InChI is InChI=1S/C10H11BrClN3O/c11-8-3-7(4-14-10(8)12)15-9(16)5-13-6-1-2-6/h3-4,6,13H,1-2,5H2,(H,15,16). The van der Waals surface area contributed by atoms with Gasteiger partial charge in [0.1, 0.15) is 5.15 Å². The van der Waals surface area contributed by atoms with Crippen LogP contribution < -0.4 is 10.6 Å². The number of hydrogen-bond acceptors (Lipinski definition) is 3. The van der Waals surface area contributed by atoms with E-state index in [1.54, 1.807) is 6.07 Å². The van der Waals surface area contributed by atoms with Crippen molar-refractivity contribution in [1.82, 2.24) is 10.3 Å². The molecule has 86 valence electrons. The quantitative estimate of drug-likeness (QED) is 0.838. The Bertz CT molecular complexity index is 409. The Morgan fingerprint density at radius 3 is 3.00 bits per heavy atom. The van der Waals surface area contributed by atoms with Crippen molar-refractivity contribution in [2.45, 2.75) is 18.9 Å². The summed E-state index contributed by atoms with van der Waals surface area (Å²) >= 11 is 8.99. The van der Waals surface area contributed by atoms with E-state index < -0.39 is 0 Å². The lowest BCUT2D eigenvalue weighted by Crippen LogP contribution is -2.29. The average Bonchev–Trinajstić information content (AvgIpc) is 3.04. The molecule has 0 aliphatic heterocycles. The summed E-state index contributed by atoms with van der Waals surface area (Å²) < 4.78 is 0.669. The van der Waals surface area contributed by atoms with Crippen LogP contribution in [0.1, 0.15) is 12.8 Å². The number of nitrogens with zero attached hydrogens (tertiary/aromatic N) is 1. The smallest absolute Gasteiger partial charge is 0.238 e. The molecule has 1 aromatic heterocycles. The van der Waals surface area contributed by atoms with E-state index in [0.717, 1.165) is 0 Å². The number of aromatic nitrogens is 1. The Kier molecular flexibility index (Phi) is 3.78. The second-order valence-corrected chi connectivity index (χ2v) is 4.91. The van der Waals surface area contributed by atoms with Gasteiger partial charge in [-0.05, 0) is 34.8 Å². The molecule has 2 N–H and O–H groups in total. The highest BCUT2D eigenvalue weighted by Gasteiger charge is 2.21. The van der Waals surface area contributed by atoms with Crippen molar-refractivity contribution >= 4 is 39.1 Å². The molecule has 0 spiro atoms. The number of pyridine rings is 1. The molecule has 0 saturated heterocycles. The van der Waals surface area contributed by atoms with Gasteiger partial charge in [-0.1, -0.05) is 11.6 Å². The zero-order chi connectivity index (χ0) is 11.5. The fourth-order valence-electron chi connectivity index (χ4n) is 1.22. The van der Waals surface area contributed by atoms with Crippen LogP contribution in [0.4, 0.5) is 5.69 Å². The molecule has 0 aromatic carbocycles. The summed E-state index contributed by atoms with van der Waals surface area (Å²) in [6.45, 7) is 0.338. The number of carbonyl (C=O) groups excluding carboxylic acids is 1. The number of anilines is 1. The summed E-state index contributed by atoms with van der Waals surface area (Å²) in [5.74, 6) is -0.0667. The van der Waals surface area contributed by atoms with Crippen LogP contribution in [0, 0.1) is 0 Å². The molecule has 1 aliphatic carbocycles. The minimum Gasteiger partial charge on any atom is -0.324 e. The molecule has 1 aliphatic rings. The summed E-state index contributed by atoms with van der Waals surface area (Å²) in [5.41, 5.74) is 0.638. The fourth-order valence-corrected chi connectivity index (χ4v) is 1.67. The van der Waals surface area contributed by atoms with E-state index in [4.69, 9.17) is 11.6 Å². The lowest BCUT2D eigenvalue weighted by atomic mass is 10.4. The zero-order valence-corrected chi connectivity index (χ0v) is 10.8. The molecular formula is C10H11BrClN3O. The van der Waals surface area contributed by atoms with Crippen molar-refractivity contribution in [3.63, 3.8) is 0 Å². The SMILES string of the molecule is O=C(CNC1CC1)Nc1cnc(Cl)c(Br)c1. The predicted molar refractivity (Wildman–Crippen MR) is 66.6 cm³/mol. The molecule has 1 aromatic rings. The van der Waals surface area contributed by atoms with Crippen molar-refractivity contribution in [3.05, 3.63) is 21.9 Å². The van der Waals surface area contributed by atoms with Gasteiger partial charge >= 0.3 is 0 Å². The fraction of sp³-hybridized carbons (Fsp3) is 0.400. The zero-order valence-electron chi connectivity index (χ0n) is 8.46. The molecule has 1 fully saturated rings. The van der Waals surface area contributed by atoms with E-state index in [1.165, 1.54) is 19.0 Å². The first-order valence-corrected chi connectivity index (χ1v) is 6.16. The molecule has 1 amide bonds. The van der Waals surface area contributed by atoms with Gasteiger partial charge in [-0.15, -0.1) is 0 Å². The van der Waals surface area contributed by atoms with Crippen LogP contribution in [0.15, 0.2) is 16.7 Å². The maximum absolute atomic E-state index is 11.5. The third kappa shape index (κ3) is 3.43. The van der Waals surface area contributed by atoms with Gasteiger partial charge in [-0.2, -0.15) is 0 Å². The number of nitrogens with one attached hydrogen (secondary N) is 2. The van der Waals surface area contributed by atoms with E-state index in [9.17, 15) is 4.79 Å². The van der Waals surface area contributed by atoms with Crippen LogP contribution in [-0.4, -0.2) is 23.5 Å². The van der Waals surface area contributed by atoms with E-state index in [0.29, 0.717) is 27.9 Å². The van der Waals surface area contributed by atoms with Crippen molar-refractivity contribution in [2.75, 3.05) is 11.9 Å². The summed E-state index contributed by atoms with van der Waals surface area (Å²) in [6.07, 6.45) is 3.87. The first-order valence-electron chi connectivity index (χ1n) is 4.99. The van der Waals surface area contributed by atoms with E-state index in [2.05, 4.69) is 31.5 Å². The Morgan fingerprint density at radius 1 is 1.62 bits per heavy atom. The Labute approximate surface area is 107 Å². The number of amides is 1. The van der Waals surface area contributed by atoms with Gasteiger partial charge in [0.05, 0.1) is 22.9 Å². The van der Waals surface area contributed by atoms with E-state index in [-0.39, 0.29) is 5.91 Å². The van der Waals surface area contributed by atoms with Crippen LogP contribution in [0.2, 0.25) is 5.15 Å². The second-order valence-electron chi connectivity index (χ2n) is 3.70.